The largest absolute Gasteiger partial charge is 0.515 e. The number of carbonyl (C=O) groups excluding carboxylic acids is 1. The molecule has 0 unspecified atom stereocenters. The van der Waals surface area contributed by atoms with Crippen LogP contribution >= 0.6 is 0 Å². The summed E-state index contributed by atoms with van der Waals surface area (Å²) in [5, 5.41) is 10.9. The Morgan fingerprint density at radius 1 is 1.67 bits per heavy atom. The van der Waals surface area contributed by atoms with E-state index in [1.807, 2.05) is 0 Å². The van der Waals surface area contributed by atoms with E-state index >= 15 is 0 Å². The van der Waals surface area contributed by atoms with E-state index in [1.54, 1.807) is 6.08 Å². The second kappa shape index (κ2) is 2.35. The monoisotopic (exact) mass is 125 g/mol. The van der Waals surface area contributed by atoms with Gasteiger partial charge < -0.3 is 10.4 Å². The summed E-state index contributed by atoms with van der Waals surface area (Å²) in [6, 6.07) is 0. The number of hydrogen-bond acceptors (Lipinski definition) is 2. The first-order chi connectivity index (χ1) is 4.33. The summed E-state index contributed by atoms with van der Waals surface area (Å²) >= 11 is 0. The third-order valence-corrected chi connectivity index (χ3v) is 1.08. The molecule has 0 atom stereocenters. The molecule has 3 nitrogen and oxygen atoms in total. The van der Waals surface area contributed by atoms with Gasteiger partial charge in [-0.15, -0.1) is 0 Å². The Morgan fingerprint density at radius 3 is 2.89 bits per heavy atom. The van der Waals surface area contributed by atoms with Crippen LogP contribution in [0.5, 0.6) is 0 Å². The van der Waals surface area contributed by atoms with E-state index in [0.717, 1.165) is 11.8 Å². The van der Waals surface area contributed by atoms with Crippen LogP contribution in [-0.4, -0.2) is 17.6 Å². The van der Waals surface area contributed by atoms with Crippen LogP contribution in [0.2, 0.25) is 0 Å². The van der Waals surface area contributed by atoms with Crippen molar-refractivity contribution >= 4 is 5.91 Å². The van der Waals surface area contributed by atoms with E-state index in [9.17, 15) is 4.79 Å². The lowest BCUT2D eigenvalue weighted by Gasteiger charge is -2.06. The molecule has 0 aromatic rings. The molecule has 0 fully saturated rings. The first-order valence-corrected chi connectivity index (χ1v) is 2.62. The Morgan fingerprint density at radius 2 is 2.44 bits per heavy atom. The van der Waals surface area contributed by atoms with Gasteiger partial charge in [0, 0.05) is 18.2 Å². The molecule has 0 bridgehead atoms. The summed E-state index contributed by atoms with van der Waals surface area (Å²) in [6.45, 7) is 0.422. The van der Waals surface area contributed by atoms with Gasteiger partial charge in [0.25, 0.3) is 0 Å². The highest BCUT2D eigenvalue weighted by Gasteiger charge is 2.02. The van der Waals surface area contributed by atoms with Crippen LogP contribution in [0.15, 0.2) is 24.0 Å². The Kier molecular flexibility index (Phi) is 1.53. The lowest BCUT2D eigenvalue weighted by Crippen LogP contribution is -2.26. The summed E-state index contributed by atoms with van der Waals surface area (Å²) in [7, 11) is 0. The molecule has 0 saturated carbocycles. The molecule has 1 aliphatic heterocycles. The zero-order valence-corrected chi connectivity index (χ0v) is 4.79. The van der Waals surface area contributed by atoms with Crippen molar-refractivity contribution in [1.29, 1.82) is 0 Å². The molecular formula is C6H7NO2. The first-order valence-electron chi connectivity index (χ1n) is 2.62. The van der Waals surface area contributed by atoms with Gasteiger partial charge in [0.15, 0.2) is 0 Å². The highest BCUT2D eigenvalue weighted by Crippen LogP contribution is 1.97. The predicted octanol–water partition coefficient (Wildman–Crippen LogP) is 0.114. The van der Waals surface area contributed by atoms with Crippen molar-refractivity contribution in [1.82, 2.24) is 5.32 Å². The van der Waals surface area contributed by atoms with Crippen molar-refractivity contribution in [3.05, 3.63) is 24.0 Å². The number of carbonyl (C=O) groups is 1. The molecule has 1 aliphatic rings. The van der Waals surface area contributed by atoms with E-state index in [0.29, 0.717) is 6.54 Å². The highest BCUT2D eigenvalue weighted by atomic mass is 16.2. The van der Waals surface area contributed by atoms with E-state index in [-0.39, 0.29) is 5.91 Å². The zero-order valence-electron chi connectivity index (χ0n) is 4.79. The van der Waals surface area contributed by atoms with Gasteiger partial charge in [-0.3, -0.25) is 4.79 Å². The Labute approximate surface area is 52.7 Å². The van der Waals surface area contributed by atoms with Crippen molar-refractivity contribution in [2.45, 2.75) is 0 Å². The lowest BCUT2D eigenvalue weighted by atomic mass is 10.2. The molecule has 2 N–H and O–H groups in total. The second-order valence-corrected chi connectivity index (χ2v) is 1.76. The highest BCUT2D eigenvalue weighted by molar-refractivity contribution is 5.89. The van der Waals surface area contributed by atoms with Crippen molar-refractivity contribution < 1.29 is 9.90 Å². The van der Waals surface area contributed by atoms with Gasteiger partial charge in [0.05, 0.1) is 6.26 Å². The minimum atomic E-state index is -0.111. The number of aliphatic hydroxyl groups excluding tert-OH is 1. The van der Waals surface area contributed by atoms with E-state index < -0.39 is 0 Å². The number of rotatable bonds is 0. The molecule has 9 heavy (non-hydrogen) atoms. The van der Waals surface area contributed by atoms with Crippen LogP contribution in [0.25, 0.3) is 0 Å². The Balaban J connectivity index is 2.69. The molecule has 0 spiro atoms. The summed E-state index contributed by atoms with van der Waals surface area (Å²) in [5.41, 5.74) is 0.717. The molecular weight excluding hydrogens is 118 g/mol. The van der Waals surface area contributed by atoms with Crippen molar-refractivity contribution in [3.8, 4) is 0 Å². The Hall–Kier alpha value is -1.25. The van der Waals surface area contributed by atoms with Crippen LogP contribution < -0.4 is 5.32 Å². The fraction of sp³-hybridized carbons (Fsp3) is 0.167. The van der Waals surface area contributed by atoms with E-state index in [1.165, 1.54) is 6.08 Å². The van der Waals surface area contributed by atoms with Gasteiger partial charge in [-0.2, -0.15) is 0 Å². The number of amides is 1. The third-order valence-electron chi connectivity index (χ3n) is 1.08. The summed E-state index contributed by atoms with van der Waals surface area (Å²) in [6.07, 6.45) is 3.94. The topological polar surface area (TPSA) is 49.3 Å². The molecule has 1 heterocycles. The quantitative estimate of drug-likeness (QED) is 0.451. The molecule has 0 aliphatic carbocycles. The van der Waals surface area contributed by atoms with Gasteiger partial charge in [-0.05, 0) is 6.08 Å². The number of hydrogen-bond donors (Lipinski definition) is 2. The molecule has 0 aromatic carbocycles. The van der Waals surface area contributed by atoms with Gasteiger partial charge in [0.1, 0.15) is 0 Å². The molecule has 1 amide bonds. The smallest absolute Gasteiger partial charge is 0.244 e. The maximum absolute atomic E-state index is 10.4. The first kappa shape index (κ1) is 5.88. The van der Waals surface area contributed by atoms with Crippen LogP contribution in [0.4, 0.5) is 0 Å². The zero-order chi connectivity index (χ0) is 6.69. The lowest BCUT2D eigenvalue weighted by molar-refractivity contribution is -0.116. The average molecular weight is 125 g/mol. The van der Waals surface area contributed by atoms with Crippen LogP contribution in [0, 0.1) is 0 Å². The van der Waals surface area contributed by atoms with Crippen LogP contribution in [0.1, 0.15) is 0 Å². The van der Waals surface area contributed by atoms with Gasteiger partial charge in [-0.25, -0.2) is 0 Å². The van der Waals surface area contributed by atoms with Gasteiger partial charge in [0.2, 0.25) is 5.91 Å². The maximum atomic E-state index is 10.4. The second-order valence-electron chi connectivity index (χ2n) is 1.76. The van der Waals surface area contributed by atoms with Crippen molar-refractivity contribution in [3.63, 3.8) is 0 Å². The third kappa shape index (κ3) is 1.32. The van der Waals surface area contributed by atoms with Gasteiger partial charge >= 0.3 is 0 Å². The van der Waals surface area contributed by atoms with Crippen LogP contribution in [-0.2, 0) is 4.79 Å². The van der Waals surface area contributed by atoms with Crippen LogP contribution in [0.3, 0.4) is 0 Å². The van der Waals surface area contributed by atoms with E-state index in [2.05, 4.69) is 5.32 Å². The molecule has 0 radical (unpaired) electrons. The van der Waals surface area contributed by atoms with E-state index in [4.69, 9.17) is 5.11 Å². The Bertz CT molecular complexity index is 181. The predicted molar refractivity (Wildman–Crippen MR) is 32.9 cm³/mol. The summed E-state index contributed by atoms with van der Waals surface area (Å²) in [5.74, 6) is -0.111. The molecule has 1 rings (SSSR count). The molecule has 0 aromatic heterocycles. The summed E-state index contributed by atoms with van der Waals surface area (Å²) in [4.78, 5) is 10.4. The number of aliphatic hydroxyl groups is 1. The normalized spacial score (nSPS) is 22.2. The summed E-state index contributed by atoms with van der Waals surface area (Å²) < 4.78 is 0. The SMILES string of the molecule is O=C1C=CC(=CO)CN1. The molecule has 0 saturated heterocycles. The van der Waals surface area contributed by atoms with Crippen molar-refractivity contribution in [2.24, 2.45) is 0 Å². The standard InChI is InChI=1S/C6H7NO2/c8-4-5-1-2-6(9)7-3-5/h1-2,4,8H,3H2,(H,7,9). The van der Waals surface area contributed by atoms with Crippen molar-refractivity contribution in [2.75, 3.05) is 6.54 Å². The average Bonchev–Trinajstić information content (AvgIpc) is 1.90. The molecule has 3 heteroatoms. The number of nitrogens with one attached hydrogen (secondary N) is 1. The maximum Gasteiger partial charge on any atom is 0.244 e. The minimum Gasteiger partial charge on any atom is -0.515 e. The van der Waals surface area contributed by atoms with Gasteiger partial charge in [-0.1, -0.05) is 0 Å². The molecule has 48 valence electrons. The minimum absolute atomic E-state index is 0.111. The fourth-order valence-electron chi connectivity index (χ4n) is 0.578. The fourth-order valence-corrected chi connectivity index (χ4v) is 0.578.